The zero-order valence-electron chi connectivity index (χ0n) is 22.1. The lowest BCUT2D eigenvalue weighted by Gasteiger charge is -2.60. The smallest absolute Gasteiger partial charge is 0.414 e. The van der Waals surface area contributed by atoms with Gasteiger partial charge in [-0.1, -0.05) is 13.8 Å². The molecule has 5 aliphatic rings. The van der Waals surface area contributed by atoms with E-state index in [2.05, 4.69) is 13.8 Å². The van der Waals surface area contributed by atoms with Crippen molar-refractivity contribution in [2.24, 2.45) is 34.5 Å². The van der Waals surface area contributed by atoms with Gasteiger partial charge in [-0.05, 0) is 76.0 Å². The first kappa shape index (κ1) is 24.8. The molecule has 4 fully saturated rings. The summed E-state index contributed by atoms with van der Waals surface area (Å²) in [6, 6.07) is 0. The molecule has 7 heteroatoms. The molecule has 35 heavy (non-hydrogen) atoms. The molecule has 5 rings (SSSR count). The third-order valence-electron chi connectivity index (χ3n) is 9.95. The van der Waals surface area contributed by atoms with Crippen LogP contribution in [0.2, 0.25) is 0 Å². The van der Waals surface area contributed by atoms with Gasteiger partial charge < -0.3 is 14.4 Å². The van der Waals surface area contributed by atoms with Crippen molar-refractivity contribution < 1.29 is 23.9 Å². The van der Waals surface area contributed by atoms with Crippen LogP contribution in [0.1, 0.15) is 73.1 Å². The predicted octanol–water partition coefficient (Wildman–Crippen LogP) is 4.41. The van der Waals surface area contributed by atoms with E-state index >= 15 is 0 Å². The molecule has 194 valence electrons. The Morgan fingerprint density at radius 2 is 1.77 bits per heavy atom. The number of ketones is 1. The third kappa shape index (κ3) is 4.11. The Morgan fingerprint density at radius 1 is 1.06 bits per heavy atom. The largest absolute Gasteiger partial charge is 0.443 e. The number of likely N-dealkylation sites (tertiary alicyclic amines) is 1. The number of allylic oxidation sites excluding steroid dienone is 2. The van der Waals surface area contributed by atoms with Crippen LogP contribution in [-0.2, 0) is 19.1 Å². The number of hydrogen-bond acceptors (Lipinski definition) is 5. The summed E-state index contributed by atoms with van der Waals surface area (Å²) >= 11 is 0. The van der Waals surface area contributed by atoms with Gasteiger partial charge in [0.1, 0.15) is 5.60 Å². The van der Waals surface area contributed by atoms with E-state index in [-0.39, 0.29) is 28.6 Å². The number of amides is 2. The van der Waals surface area contributed by atoms with Gasteiger partial charge in [0.05, 0.1) is 13.2 Å². The predicted molar refractivity (Wildman–Crippen MR) is 131 cm³/mol. The zero-order valence-corrected chi connectivity index (χ0v) is 22.1. The summed E-state index contributed by atoms with van der Waals surface area (Å²) in [5, 5.41) is 0. The number of carbonyl (C=O) groups excluding carboxylic acids is 3. The first-order chi connectivity index (χ1) is 16.4. The van der Waals surface area contributed by atoms with Gasteiger partial charge in [0, 0.05) is 49.2 Å². The minimum absolute atomic E-state index is 0.0409. The van der Waals surface area contributed by atoms with Gasteiger partial charge in [-0.15, -0.1) is 0 Å². The molecule has 2 amide bonds. The number of nitrogens with zero attached hydrogens (tertiary/aromatic N) is 2. The van der Waals surface area contributed by atoms with Crippen LogP contribution in [0.4, 0.5) is 4.79 Å². The molecule has 0 bridgehead atoms. The molecule has 2 heterocycles. The number of rotatable bonds is 1. The minimum Gasteiger partial charge on any atom is -0.443 e. The van der Waals surface area contributed by atoms with Crippen molar-refractivity contribution in [2.75, 3.05) is 32.8 Å². The second-order valence-electron chi connectivity index (χ2n) is 13.0. The fourth-order valence-corrected chi connectivity index (χ4v) is 8.20. The summed E-state index contributed by atoms with van der Waals surface area (Å²) in [5.74, 6) is 1.54. The monoisotopic (exact) mass is 486 g/mol. The molecule has 0 spiro atoms. The summed E-state index contributed by atoms with van der Waals surface area (Å²) in [7, 11) is 0. The van der Waals surface area contributed by atoms with E-state index < -0.39 is 5.60 Å². The minimum atomic E-state index is -0.603. The van der Waals surface area contributed by atoms with Gasteiger partial charge in [0.15, 0.2) is 5.78 Å². The summed E-state index contributed by atoms with van der Waals surface area (Å²) in [5.41, 5.74) is -0.0282. The van der Waals surface area contributed by atoms with E-state index in [1.807, 2.05) is 25.7 Å². The maximum absolute atomic E-state index is 13.6. The highest BCUT2D eigenvalue weighted by Crippen LogP contribution is 2.65. The maximum Gasteiger partial charge on any atom is 0.414 e. The van der Waals surface area contributed by atoms with Gasteiger partial charge in [0.25, 0.3) is 0 Å². The summed E-state index contributed by atoms with van der Waals surface area (Å²) < 4.78 is 11.3. The molecule has 2 saturated heterocycles. The van der Waals surface area contributed by atoms with Gasteiger partial charge in [-0.3, -0.25) is 14.5 Å². The Hall–Kier alpha value is -1.89. The number of fused-ring (bicyclic) bond motifs is 5. The first-order valence-electron chi connectivity index (χ1n) is 13.6. The van der Waals surface area contributed by atoms with Crippen LogP contribution in [0.25, 0.3) is 0 Å². The molecule has 2 saturated carbocycles. The van der Waals surface area contributed by atoms with Crippen molar-refractivity contribution in [3.05, 3.63) is 11.8 Å². The van der Waals surface area contributed by atoms with Crippen molar-refractivity contribution in [3.63, 3.8) is 0 Å². The molecule has 0 aromatic carbocycles. The van der Waals surface area contributed by atoms with Crippen LogP contribution >= 0.6 is 0 Å². The molecule has 0 N–H and O–H groups in total. The molecule has 7 nitrogen and oxygen atoms in total. The molecule has 3 aliphatic carbocycles. The second-order valence-corrected chi connectivity index (χ2v) is 13.0. The zero-order chi connectivity index (χ0) is 25.2. The van der Waals surface area contributed by atoms with Crippen molar-refractivity contribution >= 4 is 17.8 Å². The highest BCUT2D eigenvalue weighted by atomic mass is 16.6. The number of morpholine rings is 1. The highest BCUT2D eigenvalue weighted by Gasteiger charge is 2.62. The van der Waals surface area contributed by atoms with Gasteiger partial charge in [-0.25, -0.2) is 4.79 Å². The number of ether oxygens (including phenoxy) is 2. The van der Waals surface area contributed by atoms with E-state index in [1.54, 1.807) is 11.0 Å². The Balaban J connectivity index is 1.46. The van der Waals surface area contributed by atoms with Crippen LogP contribution in [0, 0.1) is 34.5 Å². The molecule has 0 aromatic heterocycles. The van der Waals surface area contributed by atoms with Crippen molar-refractivity contribution in [1.29, 1.82) is 0 Å². The molecule has 0 radical (unpaired) electrons. The van der Waals surface area contributed by atoms with Gasteiger partial charge in [-0.2, -0.15) is 0 Å². The lowest BCUT2D eigenvalue weighted by molar-refractivity contribution is -0.148. The van der Waals surface area contributed by atoms with Crippen molar-refractivity contribution in [2.45, 2.75) is 78.7 Å². The summed E-state index contributed by atoms with van der Waals surface area (Å²) in [6.07, 6.45) is 6.69. The third-order valence-corrected chi connectivity index (χ3v) is 9.95. The second kappa shape index (κ2) is 8.60. The number of piperidine rings is 1. The van der Waals surface area contributed by atoms with Crippen LogP contribution in [0.15, 0.2) is 11.8 Å². The molecule has 0 unspecified atom stereocenters. The molecule has 2 aliphatic heterocycles. The Kier molecular flexibility index (Phi) is 6.09. The Morgan fingerprint density at radius 3 is 2.46 bits per heavy atom. The normalized spacial score (nSPS) is 39.3. The summed E-state index contributed by atoms with van der Waals surface area (Å²) in [6.45, 7) is 13.4. The Labute approximate surface area is 209 Å². The number of hydrogen-bond donors (Lipinski definition) is 0. The van der Waals surface area contributed by atoms with Crippen LogP contribution in [0.5, 0.6) is 0 Å². The van der Waals surface area contributed by atoms with E-state index in [4.69, 9.17) is 9.47 Å². The number of carbonyl (C=O) groups is 3. The standard InChI is InChI=1S/C28H42N2O5/c1-26(2,3)35-25(33)30-17-19-20-6-7-22(24(32)29-12-14-34-15-13-29)27(20,4)11-9-21(19)28(5)10-8-18(31)16-23(28)30/h16,19-22H,6-15,17H2,1-5H3/t19-,20-,21-,22+,27-,28+/m0/s1. The van der Waals surface area contributed by atoms with Crippen molar-refractivity contribution in [3.8, 4) is 0 Å². The average molecular weight is 487 g/mol. The van der Waals surface area contributed by atoms with Crippen LogP contribution in [0.3, 0.4) is 0 Å². The SMILES string of the molecule is CC(C)(C)OC(=O)N1C[C@H]2[C@@H]3CC[C@H](C(=O)N4CCOCC4)[C@@]3(C)CC[C@@H]2[C@@]2(C)CCC(=O)C=C12. The average Bonchev–Trinajstić information content (AvgIpc) is 3.15. The van der Waals surface area contributed by atoms with Crippen LogP contribution in [-0.4, -0.2) is 66.0 Å². The van der Waals surface area contributed by atoms with E-state index in [9.17, 15) is 14.4 Å². The van der Waals surface area contributed by atoms with E-state index in [0.717, 1.165) is 37.8 Å². The quantitative estimate of drug-likeness (QED) is 0.549. The first-order valence-corrected chi connectivity index (χ1v) is 13.6. The van der Waals surface area contributed by atoms with E-state index in [1.165, 1.54) is 0 Å². The fourth-order valence-electron chi connectivity index (χ4n) is 8.20. The molecule has 6 atom stereocenters. The van der Waals surface area contributed by atoms with Gasteiger partial charge >= 0.3 is 6.09 Å². The molecule has 0 aromatic rings. The van der Waals surface area contributed by atoms with Gasteiger partial charge in [0.2, 0.25) is 5.91 Å². The van der Waals surface area contributed by atoms with Crippen LogP contribution < -0.4 is 0 Å². The molecular weight excluding hydrogens is 444 g/mol. The lowest BCUT2D eigenvalue weighted by atomic mass is 9.49. The lowest BCUT2D eigenvalue weighted by Crippen LogP contribution is -2.60. The summed E-state index contributed by atoms with van der Waals surface area (Å²) in [4.78, 5) is 43.3. The maximum atomic E-state index is 13.6. The fraction of sp³-hybridized carbons (Fsp3) is 0.821. The van der Waals surface area contributed by atoms with E-state index in [0.29, 0.717) is 62.9 Å². The Bertz CT molecular complexity index is 932. The highest BCUT2D eigenvalue weighted by molar-refractivity contribution is 5.92. The van der Waals surface area contributed by atoms with Crippen molar-refractivity contribution in [1.82, 2.24) is 9.80 Å². The topological polar surface area (TPSA) is 76.2 Å². The molecular formula is C28H42N2O5.